The Hall–Kier alpha value is -3.84. The van der Waals surface area contributed by atoms with Crippen molar-refractivity contribution in [3.63, 3.8) is 0 Å². The standard InChI is InChI=1S/C24H25N3O4/c1-18(25-16-15-20-11-5-8-14-23(20)29)26(17-28)27(24(30)31)22-13-7-6-12-21(22)19-9-3-2-4-10-19/h2-14,17-18,25,29H,15-16H2,1H3,(H,30,31). The Balaban J connectivity index is 1.82. The fourth-order valence-corrected chi connectivity index (χ4v) is 3.39. The smallest absolute Gasteiger partial charge is 0.431 e. The average Bonchev–Trinajstić information content (AvgIpc) is 2.79. The third kappa shape index (κ3) is 5.21. The Bertz CT molecular complexity index is 1030. The highest BCUT2D eigenvalue weighted by atomic mass is 16.4. The monoisotopic (exact) mass is 419 g/mol. The molecule has 31 heavy (non-hydrogen) atoms. The van der Waals surface area contributed by atoms with E-state index in [9.17, 15) is 19.8 Å². The second kappa shape index (κ2) is 10.3. The number of hydrazine groups is 1. The van der Waals surface area contributed by atoms with E-state index >= 15 is 0 Å². The molecule has 0 aromatic heterocycles. The Morgan fingerprint density at radius 1 is 1.00 bits per heavy atom. The third-order valence-corrected chi connectivity index (χ3v) is 4.96. The molecule has 2 amide bonds. The molecule has 1 atom stereocenters. The first-order valence-electron chi connectivity index (χ1n) is 9.94. The quantitative estimate of drug-likeness (QED) is 0.276. The second-order valence-corrected chi connectivity index (χ2v) is 6.97. The second-order valence-electron chi connectivity index (χ2n) is 6.97. The van der Waals surface area contributed by atoms with Crippen molar-refractivity contribution in [2.24, 2.45) is 0 Å². The molecule has 7 heteroatoms. The Kier molecular flexibility index (Phi) is 7.24. The van der Waals surface area contributed by atoms with E-state index < -0.39 is 12.3 Å². The number of aromatic hydroxyl groups is 1. The first kappa shape index (κ1) is 21.9. The molecule has 3 aromatic carbocycles. The van der Waals surface area contributed by atoms with E-state index in [-0.39, 0.29) is 5.75 Å². The lowest BCUT2D eigenvalue weighted by atomic mass is 10.0. The normalized spacial score (nSPS) is 11.5. The van der Waals surface area contributed by atoms with Crippen LogP contribution in [0.2, 0.25) is 0 Å². The van der Waals surface area contributed by atoms with Gasteiger partial charge < -0.3 is 10.2 Å². The van der Waals surface area contributed by atoms with Gasteiger partial charge >= 0.3 is 6.09 Å². The summed E-state index contributed by atoms with van der Waals surface area (Å²) in [7, 11) is 0. The van der Waals surface area contributed by atoms with Gasteiger partial charge in [0.25, 0.3) is 0 Å². The number of para-hydroxylation sites is 2. The first-order valence-corrected chi connectivity index (χ1v) is 9.94. The van der Waals surface area contributed by atoms with Crippen LogP contribution < -0.4 is 10.3 Å². The zero-order valence-corrected chi connectivity index (χ0v) is 17.2. The number of amides is 2. The van der Waals surface area contributed by atoms with Crippen LogP contribution in [0.15, 0.2) is 78.9 Å². The van der Waals surface area contributed by atoms with Gasteiger partial charge in [0.2, 0.25) is 6.41 Å². The summed E-state index contributed by atoms with van der Waals surface area (Å²) >= 11 is 0. The van der Waals surface area contributed by atoms with Crippen LogP contribution in [0.3, 0.4) is 0 Å². The molecule has 0 aliphatic rings. The molecule has 3 rings (SSSR count). The molecule has 0 saturated heterocycles. The van der Waals surface area contributed by atoms with Crippen LogP contribution in [0.5, 0.6) is 5.75 Å². The van der Waals surface area contributed by atoms with Gasteiger partial charge in [-0.05, 0) is 36.6 Å². The minimum atomic E-state index is -1.27. The maximum Gasteiger partial charge on any atom is 0.431 e. The predicted octanol–water partition coefficient (Wildman–Crippen LogP) is 4.10. The third-order valence-electron chi connectivity index (χ3n) is 4.96. The van der Waals surface area contributed by atoms with E-state index in [1.165, 1.54) is 0 Å². The first-order chi connectivity index (χ1) is 15.0. The number of benzene rings is 3. The number of phenols is 1. The van der Waals surface area contributed by atoms with Crippen molar-refractivity contribution in [2.45, 2.75) is 19.5 Å². The highest BCUT2D eigenvalue weighted by Crippen LogP contribution is 2.31. The van der Waals surface area contributed by atoms with E-state index in [2.05, 4.69) is 5.32 Å². The average molecular weight is 419 g/mol. The van der Waals surface area contributed by atoms with Crippen LogP contribution >= 0.6 is 0 Å². The minimum absolute atomic E-state index is 0.202. The summed E-state index contributed by atoms with van der Waals surface area (Å²) in [6.07, 6.45) is -0.863. The van der Waals surface area contributed by atoms with Crippen LogP contribution in [0, 0.1) is 0 Å². The number of nitrogens with zero attached hydrogens (tertiary/aromatic N) is 2. The van der Waals surface area contributed by atoms with Crippen LogP contribution in [0.4, 0.5) is 10.5 Å². The number of anilines is 1. The summed E-state index contributed by atoms with van der Waals surface area (Å²) in [4.78, 5) is 24.1. The molecule has 0 radical (unpaired) electrons. The molecule has 0 saturated carbocycles. The van der Waals surface area contributed by atoms with Crippen molar-refractivity contribution in [2.75, 3.05) is 11.6 Å². The zero-order chi connectivity index (χ0) is 22.2. The molecule has 3 N–H and O–H groups in total. The van der Waals surface area contributed by atoms with E-state index in [0.717, 1.165) is 21.1 Å². The van der Waals surface area contributed by atoms with Crippen LogP contribution in [0.1, 0.15) is 12.5 Å². The molecule has 0 bridgehead atoms. The Morgan fingerprint density at radius 2 is 1.65 bits per heavy atom. The fraction of sp³-hybridized carbons (Fsp3) is 0.167. The molecule has 0 spiro atoms. The minimum Gasteiger partial charge on any atom is -0.508 e. The van der Waals surface area contributed by atoms with Crippen molar-refractivity contribution in [1.82, 2.24) is 10.3 Å². The lowest BCUT2D eigenvalue weighted by Gasteiger charge is -2.35. The SMILES string of the molecule is CC(NCCc1ccccc1O)N(C=O)N(C(=O)O)c1ccccc1-c1ccccc1. The van der Waals surface area contributed by atoms with E-state index in [0.29, 0.717) is 30.6 Å². The molecule has 7 nitrogen and oxygen atoms in total. The topological polar surface area (TPSA) is 93.1 Å². The van der Waals surface area contributed by atoms with Gasteiger partial charge in [-0.2, -0.15) is 5.01 Å². The van der Waals surface area contributed by atoms with Gasteiger partial charge in [0.1, 0.15) is 11.9 Å². The Labute approximate surface area is 181 Å². The maximum atomic E-state index is 12.2. The number of carbonyl (C=O) groups excluding carboxylic acids is 1. The summed E-state index contributed by atoms with van der Waals surface area (Å²) in [6.45, 7) is 2.15. The van der Waals surface area contributed by atoms with Gasteiger partial charge in [-0.3, -0.25) is 10.1 Å². The molecule has 0 aliphatic carbocycles. The van der Waals surface area contributed by atoms with Crippen LogP contribution in [0.25, 0.3) is 11.1 Å². The number of carbonyl (C=O) groups is 2. The summed E-state index contributed by atoms with van der Waals surface area (Å²) in [5.41, 5.74) is 2.68. The number of hydrogen-bond donors (Lipinski definition) is 3. The van der Waals surface area contributed by atoms with E-state index in [4.69, 9.17) is 0 Å². The number of carboxylic acid groups (broad SMARTS) is 1. The maximum absolute atomic E-state index is 12.2. The summed E-state index contributed by atoms with van der Waals surface area (Å²) in [6, 6.07) is 23.5. The highest BCUT2D eigenvalue weighted by molar-refractivity contribution is 5.93. The number of hydrogen-bond acceptors (Lipinski definition) is 4. The molecule has 1 unspecified atom stereocenters. The molecule has 0 aliphatic heterocycles. The zero-order valence-electron chi connectivity index (χ0n) is 17.2. The molecule has 0 fully saturated rings. The van der Waals surface area contributed by atoms with Crippen molar-refractivity contribution in [3.8, 4) is 16.9 Å². The van der Waals surface area contributed by atoms with E-state index in [1.807, 2.05) is 54.6 Å². The Morgan fingerprint density at radius 3 is 2.32 bits per heavy atom. The van der Waals surface area contributed by atoms with Crippen molar-refractivity contribution in [1.29, 1.82) is 0 Å². The number of nitrogens with one attached hydrogen (secondary N) is 1. The van der Waals surface area contributed by atoms with Gasteiger partial charge in [-0.1, -0.05) is 66.7 Å². The molecular formula is C24H25N3O4. The lowest BCUT2D eigenvalue weighted by Crippen LogP contribution is -2.55. The molecular weight excluding hydrogens is 394 g/mol. The molecule has 160 valence electrons. The van der Waals surface area contributed by atoms with Crippen LogP contribution in [-0.2, 0) is 11.2 Å². The van der Waals surface area contributed by atoms with E-state index in [1.54, 1.807) is 31.2 Å². The molecule has 0 heterocycles. The van der Waals surface area contributed by atoms with Crippen molar-refractivity contribution in [3.05, 3.63) is 84.4 Å². The summed E-state index contributed by atoms with van der Waals surface area (Å²) < 4.78 is 0. The van der Waals surface area contributed by atoms with Gasteiger partial charge in [-0.25, -0.2) is 9.80 Å². The van der Waals surface area contributed by atoms with Gasteiger partial charge in [-0.15, -0.1) is 0 Å². The summed E-state index contributed by atoms with van der Waals surface area (Å²) in [5.74, 6) is 0.202. The number of rotatable bonds is 9. The van der Waals surface area contributed by atoms with Crippen LogP contribution in [-0.4, -0.2) is 40.4 Å². The fourth-order valence-electron chi connectivity index (χ4n) is 3.39. The van der Waals surface area contributed by atoms with Crippen molar-refractivity contribution < 1.29 is 19.8 Å². The highest BCUT2D eigenvalue weighted by Gasteiger charge is 2.28. The number of phenolic OH excluding ortho intramolecular Hbond substituents is 1. The van der Waals surface area contributed by atoms with Crippen molar-refractivity contribution >= 4 is 18.2 Å². The summed E-state index contributed by atoms with van der Waals surface area (Å²) in [5, 5.41) is 25.1. The largest absolute Gasteiger partial charge is 0.508 e. The molecule has 3 aromatic rings. The predicted molar refractivity (Wildman–Crippen MR) is 120 cm³/mol. The van der Waals surface area contributed by atoms with Gasteiger partial charge in [0, 0.05) is 12.1 Å². The van der Waals surface area contributed by atoms with Gasteiger partial charge in [0.05, 0.1) is 5.69 Å². The lowest BCUT2D eigenvalue weighted by molar-refractivity contribution is -0.120. The van der Waals surface area contributed by atoms with Gasteiger partial charge in [0.15, 0.2) is 0 Å².